The monoisotopic (exact) mass is 266 g/mol. The predicted octanol–water partition coefficient (Wildman–Crippen LogP) is 2.44. The second kappa shape index (κ2) is 7.74. The van der Waals surface area contributed by atoms with Crippen LogP contribution in [0.15, 0.2) is 29.3 Å². The predicted molar refractivity (Wildman–Crippen MR) is 77.1 cm³/mol. The Kier molecular flexibility index (Phi) is 6.29. The number of guanidine groups is 1. The van der Waals surface area contributed by atoms with Gasteiger partial charge in [-0.15, -0.1) is 0 Å². The third-order valence-electron chi connectivity index (χ3n) is 3.17. The number of nitrogens with two attached hydrogens (primary N) is 1. The number of hydrazine groups is 1. The molecular formula is C14H23FN4. The lowest BCUT2D eigenvalue weighted by Gasteiger charge is -2.28. The summed E-state index contributed by atoms with van der Waals surface area (Å²) in [5.41, 5.74) is 3.21. The van der Waals surface area contributed by atoms with Crippen LogP contribution in [0.25, 0.3) is 0 Å². The molecule has 1 atom stereocenters. The molecule has 0 saturated heterocycles. The fourth-order valence-corrected chi connectivity index (χ4v) is 1.81. The molecule has 106 valence electrons. The SMILES string of the molecule is CCCCN=C(NN)N(C)C(C)c1ccccc1F. The van der Waals surface area contributed by atoms with Crippen molar-refractivity contribution in [2.75, 3.05) is 13.6 Å². The van der Waals surface area contributed by atoms with Gasteiger partial charge < -0.3 is 4.90 Å². The van der Waals surface area contributed by atoms with Crippen LogP contribution in [0.4, 0.5) is 4.39 Å². The van der Waals surface area contributed by atoms with Crippen molar-refractivity contribution in [3.8, 4) is 0 Å². The van der Waals surface area contributed by atoms with Gasteiger partial charge in [-0.2, -0.15) is 0 Å². The summed E-state index contributed by atoms with van der Waals surface area (Å²) in [5.74, 6) is 5.85. The van der Waals surface area contributed by atoms with Crippen LogP contribution in [0.3, 0.4) is 0 Å². The second-order valence-electron chi connectivity index (χ2n) is 4.51. The van der Waals surface area contributed by atoms with E-state index >= 15 is 0 Å². The van der Waals surface area contributed by atoms with Gasteiger partial charge in [0.1, 0.15) is 5.82 Å². The van der Waals surface area contributed by atoms with E-state index in [9.17, 15) is 4.39 Å². The molecule has 0 aliphatic rings. The van der Waals surface area contributed by atoms with Crippen molar-refractivity contribution in [2.45, 2.75) is 32.7 Å². The zero-order chi connectivity index (χ0) is 14.3. The molecule has 3 N–H and O–H groups in total. The summed E-state index contributed by atoms with van der Waals surface area (Å²) in [5, 5.41) is 0. The number of halogens is 1. The van der Waals surface area contributed by atoms with Crippen LogP contribution in [-0.4, -0.2) is 24.5 Å². The van der Waals surface area contributed by atoms with Crippen molar-refractivity contribution in [3.63, 3.8) is 0 Å². The highest BCUT2D eigenvalue weighted by atomic mass is 19.1. The molecule has 0 bridgehead atoms. The van der Waals surface area contributed by atoms with Crippen molar-refractivity contribution in [3.05, 3.63) is 35.6 Å². The van der Waals surface area contributed by atoms with Crippen LogP contribution in [-0.2, 0) is 0 Å². The zero-order valence-electron chi connectivity index (χ0n) is 11.9. The van der Waals surface area contributed by atoms with Gasteiger partial charge in [0, 0.05) is 19.2 Å². The first-order valence-corrected chi connectivity index (χ1v) is 6.60. The van der Waals surface area contributed by atoms with Gasteiger partial charge in [-0.25, -0.2) is 10.2 Å². The fraction of sp³-hybridized carbons (Fsp3) is 0.500. The lowest BCUT2D eigenvalue weighted by molar-refractivity contribution is 0.375. The lowest BCUT2D eigenvalue weighted by Crippen LogP contribution is -2.44. The largest absolute Gasteiger partial charge is 0.338 e. The van der Waals surface area contributed by atoms with E-state index in [1.165, 1.54) is 6.07 Å². The maximum Gasteiger partial charge on any atom is 0.208 e. The second-order valence-corrected chi connectivity index (χ2v) is 4.51. The number of benzene rings is 1. The van der Waals surface area contributed by atoms with E-state index < -0.39 is 0 Å². The van der Waals surface area contributed by atoms with Gasteiger partial charge in [0.2, 0.25) is 5.96 Å². The Labute approximate surface area is 114 Å². The number of rotatable bonds is 5. The highest BCUT2D eigenvalue weighted by Gasteiger charge is 2.17. The lowest BCUT2D eigenvalue weighted by atomic mass is 10.1. The van der Waals surface area contributed by atoms with Gasteiger partial charge in [0.05, 0.1) is 6.04 Å². The minimum absolute atomic E-state index is 0.141. The van der Waals surface area contributed by atoms with Crippen LogP contribution < -0.4 is 11.3 Å². The molecule has 0 amide bonds. The average Bonchev–Trinajstić information content (AvgIpc) is 2.43. The fourth-order valence-electron chi connectivity index (χ4n) is 1.81. The van der Waals surface area contributed by atoms with Gasteiger partial charge in [-0.05, 0) is 19.4 Å². The summed E-state index contributed by atoms with van der Waals surface area (Å²) in [7, 11) is 1.85. The minimum atomic E-state index is -0.216. The standard InChI is InChI=1S/C14H23FN4/c1-4-5-10-17-14(18-16)19(3)11(2)12-8-6-7-9-13(12)15/h6-9,11H,4-5,10,16H2,1-3H3,(H,17,18). The summed E-state index contributed by atoms with van der Waals surface area (Å²) in [6.07, 6.45) is 2.08. The topological polar surface area (TPSA) is 53.6 Å². The Balaban J connectivity index is 2.82. The summed E-state index contributed by atoms with van der Waals surface area (Å²) in [6, 6.07) is 6.60. The molecule has 0 heterocycles. The van der Waals surface area contributed by atoms with Crippen molar-refractivity contribution in [2.24, 2.45) is 10.8 Å². The molecular weight excluding hydrogens is 243 g/mol. The van der Waals surface area contributed by atoms with Crippen LogP contribution in [0.5, 0.6) is 0 Å². The third-order valence-corrected chi connectivity index (χ3v) is 3.17. The summed E-state index contributed by atoms with van der Waals surface area (Å²) < 4.78 is 13.8. The summed E-state index contributed by atoms with van der Waals surface area (Å²) >= 11 is 0. The maximum absolute atomic E-state index is 13.8. The molecule has 1 unspecified atom stereocenters. The van der Waals surface area contributed by atoms with Crippen molar-refractivity contribution < 1.29 is 4.39 Å². The van der Waals surface area contributed by atoms with Gasteiger partial charge in [-0.1, -0.05) is 31.5 Å². The molecule has 19 heavy (non-hydrogen) atoms. The Morgan fingerprint density at radius 1 is 1.47 bits per heavy atom. The molecule has 1 aromatic rings. The van der Waals surface area contributed by atoms with E-state index in [4.69, 9.17) is 5.84 Å². The molecule has 0 spiro atoms. The molecule has 0 fully saturated rings. The number of unbranched alkanes of at least 4 members (excludes halogenated alkanes) is 1. The van der Waals surface area contributed by atoms with E-state index in [1.807, 2.05) is 24.9 Å². The number of nitrogens with one attached hydrogen (secondary N) is 1. The van der Waals surface area contributed by atoms with Crippen LogP contribution in [0.2, 0.25) is 0 Å². The molecule has 1 aromatic carbocycles. The van der Waals surface area contributed by atoms with Crippen molar-refractivity contribution in [1.82, 2.24) is 10.3 Å². The minimum Gasteiger partial charge on any atom is -0.338 e. The van der Waals surface area contributed by atoms with E-state index in [2.05, 4.69) is 17.3 Å². The van der Waals surface area contributed by atoms with Crippen LogP contribution in [0, 0.1) is 5.82 Å². The zero-order valence-corrected chi connectivity index (χ0v) is 11.9. The van der Waals surface area contributed by atoms with E-state index in [0.29, 0.717) is 18.1 Å². The third kappa shape index (κ3) is 4.21. The number of nitrogens with zero attached hydrogens (tertiary/aromatic N) is 2. The molecule has 5 heteroatoms. The van der Waals surface area contributed by atoms with Gasteiger partial charge in [-0.3, -0.25) is 10.4 Å². The van der Waals surface area contributed by atoms with E-state index in [0.717, 1.165) is 12.8 Å². The van der Waals surface area contributed by atoms with Gasteiger partial charge in [0.25, 0.3) is 0 Å². The maximum atomic E-state index is 13.8. The first kappa shape index (κ1) is 15.4. The first-order valence-electron chi connectivity index (χ1n) is 6.60. The quantitative estimate of drug-likeness (QED) is 0.283. The first-order chi connectivity index (χ1) is 9.11. The molecule has 0 aromatic heterocycles. The molecule has 1 rings (SSSR count). The summed E-state index contributed by atoms with van der Waals surface area (Å²) in [4.78, 5) is 6.23. The van der Waals surface area contributed by atoms with Gasteiger partial charge >= 0.3 is 0 Å². The molecule has 0 saturated carbocycles. The van der Waals surface area contributed by atoms with E-state index in [-0.39, 0.29) is 11.9 Å². The highest BCUT2D eigenvalue weighted by molar-refractivity contribution is 5.79. The Hall–Kier alpha value is -1.62. The molecule has 0 aliphatic carbocycles. The molecule has 0 radical (unpaired) electrons. The van der Waals surface area contributed by atoms with Crippen LogP contribution in [0.1, 0.15) is 38.3 Å². The highest BCUT2D eigenvalue weighted by Crippen LogP contribution is 2.21. The Bertz CT molecular complexity index is 420. The molecule has 4 nitrogen and oxygen atoms in total. The van der Waals surface area contributed by atoms with Gasteiger partial charge in [0.15, 0.2) is 0 Å². The normalized spacial score (nSPS) is 13.2. The smallest absolute Gasteiger partial charge is 0.208 e. The van der Waals surface area contributed by atoms with Crippen molar-refractivity contribution >= 4 is 5.96 Å². The summed E-state index contributed by atoms with van der Waals surface area (Å²) in [6.45, 7) is 4.74. The Morgan fingerprint density at radius 2 is 2.16 bits per heavy atom. The van der Waals surface area contributed by atoms with Crippen molar-refractivity contribution in [1.29, 1.82) is 0 Å². The molecule has 0 aliphatic heterocycles. The average molecular weight is 266 g/mol. The Morgan fingerprint density at radius 3 is 2.74 bits per heavy atom. The number of hydrogen-bond donors (Lipinski definition) is 2. The van der Waals surface area contributed by atoms with E-state index in [1.54, 1.807) is 12.1 Å². The van der Waals surface area contributed by atoms with Crippen LogP contribution >= 0.6 is 0 Å². The number of aliphatic imine (C=N–C) groups is 1. The number of hydrogen-bond acceptors (Lipinski definition) is 2.